The highest BCUT2D eigenvalue weighted by molar-refractivity contribution is 5.60. The summed E-state index contributed by atoms with van der Waals surface area (Å²) in [6.07, 6.45) is 2.32. The minimum absolute atomic E-state index is 0.417. The molecule has 3 rings (SSSR count). The highest BCUT2D eigenvalue weighted by Gasteiger charge is 2.19. The third-order valence-corrected chi connectivity index (χ3v) is 3.83. The fourth-order valence-corrected chi connectivity index (χ4v) is 2.65. The summed E-state index contributed by atoms with van der Waals surface area (Å²) in [5.41, 5.74) is 0.916. The minimum Gasteiger partial charge on any atom is -0.493 e. The van der Waals surface area contributed by atoms with Gasteiger partial charge >= 0.3 is 0 Å². The molecular formula is C15H20N4O2. The van der Waals surface area contributed by atoms with Crippen LogP contribution in [0.2, 0.25) is 0 Å². The van der Waals surface area contributed by atoms with Crippen LogP contribution in [0.15, 0.2) is 18.2 Å². The lowest BCUT2D eigenvalue weighted by Crippen LogP contribution is -2.28. The molecule has 0 amide bonds. The summed E-state index contributed by atoms with van der Waals surface area (Å²) in [6, 6.07) is 5.70. The van der Waals surface area contributed by atoms with E-state index in [1.807, 2.05) is 18.2 Å². The van der Waals surface area contributed by atoms with Crippen LogP contribution < -0.4 is 14.8 Å². The normalized spacial score (nSPS) is 18.5. The van der Waals surface area contributed by atoms with Crippen LogP contribution in [0.4, 0.5) is 0 Å². The molecule has 1 aliphatic rings. The quantitative estimate of drug-likeness (QED) is 0.899. The van der Waals surface area contributed by atoms with E-state index < -0.39 is 0 Å². The van der Waals surface area contributed by atoms with Crippen molar-refractivity contribution in [1.82, 2.24) is 20.5 Å². The molecule has 1 atom stereocenters. The molecule has 1 unspecified atom stereocenters. The first-order valence-corrected chi connectivity index (χ1v) is 7.17. The number of H-pyrrole nitrogens is 1. The van der Waals surface area contributed by atoms with Crippen LogP contribution in [-0.2, 0) is 0 Å². The molecule has 1 aromatic carbocycles. The molecule has 1 fully saturated rings. The zero-order chi connectivity index (χ0) is 14.7. The van der Waals surface area contributed by atoms with Crippen molar-refractivity contribution in [2.75, 3.05) is 27.3 Å². The molecule has 2 aromatic rings. The molecule has 1 aliphatic heterocycles. The van der Waals surface area contributed by atoms with Crippen molar-refractivity contribution in [3.8, 4) is 22.9 Å². The standard InChI is InChI=1S/C15H20N4O2/c1-20-12-6-5-10(8-13(12)21-2)14-17-15(19-18-14)11-4-3-7-16-9-11/h5-6,8,11,16H,3-4,7,9H2,1-2H3,(H,17,18,19). The van der Waals surface area contributed by atoms with Crippen molar-refractivity contribution in [1.29, 1.82) is 0 Å². The fraction of sp³-hybridized carbons (Fsp3) is 0.467. The Kier molecular flexibility index (Phi) is 4.06. The molecule has 1 aromatic heterocycles. The van der Waals surface area contributed by atoms with Crippen LogP contribution in [0.25, 0.3) is 11.4 Å². The summed E-state index contributed by atoms with van der Waals surface area (Å²) >= 11 is 0. The third-order valence-electron chi connectivity index (χ3n) is 3.83. The Morgan fingerprint density at radius 2 is 2.05 bits per heavy atom. The Labute approximate surface area is 123 Å². The second-order valence-electron chi connectivity index (χ2n) is 5.16. The molecule has 6 heteroatoms. The number of benzene rings is 1. The number of nitrogens with one attached hydrogen (secondary N) is 2. The highest BCUT2D eigenvalue weighted by Crippen LogP contribution is 2.31. The van der Waals surface area contributed by atoms with Gasteiger partial charge in [0.25, 0.3) is 0 Å². The Morgan fingerprint density at radius 1 is 1.19 bits per heavy atom. The van der Waals surface area contributed by atoms with E-state index in [9.17, 15) is 0 Å². The topological polar surface area (TPSA) is 72.1 Å². The number of aromatic amines is 1. The molecule has 0 spiro atoms. The molecule has 0 bridgehead atoms. The van der Waals surface area contributed by atoms with Crippen LogP contribution in [0.3, 0.4) is 0 Å². The van der Waals surface area contributed by atoms with Crippen LogP contribution in [0.5, 0.6) is 11.5 Å². The predicted molar refractivity (Wildman–Crippen MR) is 79.8 cm³/mol. The third kappa shape index (κ3) is 2.85. The number of piperidine rings is 1. The maximum Gasteiger partial charge on any atom is 0.181 e. The van der Waals surface area contributed by atoms with Gasteiger partial charge in [0.05, 0.1) is 14.2 Å². The second-order valence-corrected chi connectivity index (χ2v) is 5.16. The largest absolute Gasteiger partial charge is 0.493 e. The minimum atomic E-state index is 0.417. The van der Waals surface area contributed by atoms with Gasteiger partial charge in [0.2, 0.25) is 0 Å². The van der Waals surface area contributed by atoms with Gasteiger partial charge in [0, 0.05) is 18.0 Å². The van der Waals surface area contributed by atoms with Crippen molar-refractivity contribution in [2.45, 2.75) is 18.8 Å². The van der Waals surface area contributed by atoms with Gasteiger partial charge in [-0.15, -0.1) is 0 Å². The van der Waals surface area contributed by atoms with Crippen LogP contribution in [0, 0.1) is 0 Å². The van der Waals surface area contributed by atoms with Crippen LogP contribution in [-0.4, -0.2) is 42.5 Å². The lowest BCUT2D eigenvalue weighted by Gasteiger charge is -2.20. The smallest absolute Gasteiger partial charge is 0.181 e. The van der Waals surface area contributed by atoms with E-state index in [0.29, 0.717) is 23.2 Å². The SMILES string of the molecule is COc1ccc(-c2n[nH]c(C3CCCNC3)n2)cc1OC. The molecule has 1 saturated heterocycles. The first-order valence-electron chi connectivity index (χ1n) is 7.17. The molecule has 112 valence electrons. The fourth-order valence-electron chi connectivity index (χ4n) is 2.65. The Morgan fingerprint density at radius 3 is 2.76 bits per heavy atom. The van der Waals surface area contributed by atoms with E-state index in [2.05, 4.69) is 20.5 Å². The number of methoxy groups -OCH3 is 2. The average Bonchev–Trinajstić information content (AvgIpc) is 3.05. The molecule has 0 radical (unpaired) electrons. The highest BCUT2D eigenvalue weighted by atomic mass is 16.5. The molecule has 0 saturated carbocycles. The maximum absolute atomic E-state index is 5.32. The Balaban J connectivity index is 1.85. The van der Waals surface area contributed by atoms with Crippen molar-refractivity contribution < 1.29 is 9.47 Å². The van der Waals surface area contributed by atoms with Gasteiger partial charge in [-0.3, -0.25) is 5.10 Å². The summed E-state index contributed by atoms with van der Waals surface area (Å²) in [5, 5.41) is 10.8. The molecule has 2 N–H and O–H groups in total. The van der Waals surface area contributed by atoms with E-state index in [1.165, 1.54) is 6.42 Å². The van der Waals surface area contributed by atoms with Gasteiger partial charge in [-0.05, 0) is 37.6 Å². The lowest BCUT2D eigenvalue weighted by molar-refractivity contribution is 0.355. The zero-order valence-electron chi connectivity index (χ0n) is 12.3. The predicted octanol–water partition coefficient (Wildman–Crippen LogP) is 1.96. The second kappa shape index (κ2) is 6.13. The molecule has 2 heterocycles. The van der Waals surface area contributed by atoms with Gasteiger partial charge < -0.3 is 14.8 Å². The van der Waals surface area contributed by atoms with Crippen molar-refractivity contribution in [2.24, 2.45) is 0 Å². The number of aromatic nitrogens is 3. The van der Waals surface area contributed by atoms with Crippen molar-refractivity contribution >= 4 is 0 Å². The van der Waals surface area contributed by atoms with Gasteiger partial charge in [-0.1, -0.05) is 0 Å². The number of hydrogen-bond acceptors (Lipinski definition) is 5. The summed E-state index contributed by atoms with van der Waals surface area (Å²) in [4.78, 5) is 4.63. The van der Waals surface area contributed by atoms with Crippen molar-refractivity contribution in [3.05, 3.63) is 24.0 Å². The number of nitrogens with zero attached hydrogens (tertiary/aromatic N) is 2. The van der Waals surface area contributed by atoms with Crippen LogP contribution >= 0.6 is 0 Å². The van der Waals surface area contributed by atoms with E-state index in [4.69, 9.17) is 9.47 Å². The maximum atomic E-state index is 5.32. The number of hydrogen-bond donors (Lipinski definition) is 2. The Bertz CT molecular complexity index is 605. The van der Waals surface area contributed by atoms with Gasteiger partial charge in [0.15, 0.2) is 17.3 Å². The number of rotatable bonds is 4. The van der Waals surface area contributed by atoms with Gasteiger partial charge in [-0.25, -0.2) is 4.98 Å². The average molecular weight is 288 g/mol. The summed E-state index contributed by atoms with van der Waals surface area (Å²) in [7, 11) is 3.25. The molecule has 21 heavy (non-hydrogen) atoms. The van der Waals surface area contributed by atoms with Crippen LogP contribution in [0.1, 0.15) is 24.6 Å². The van der Waals surface area contributed by atoms with E-state index in [1.54, 1.807) is 14.2 Å². The molecule has 0 aliphatic carbocycles. The van der Waals surface area contributed by atoms with Crippen molar-refractivity contribution in [3.63, 3.8) is 0 Å². The Hall–Kier alpha value is -2.08. The summed E-state index contributed by atoms with van der Waals surface area (Å²) in [6.45, 7) is 2.05. The molecule has 6 nitrogen and oxygen atoms in total. The summed E-state index contributed by atoms with van der Waals surface area (Å²) in [5.74, 6) is 3.44. The number of ether oxygens (including phenoxy) is 2. The molecular weight excluding hydrogens is 268 g/mol. The first-order chi connectivity index (χ1) is 10.3. The van der Waals surface area contributed by atoms with E-state index in [0.717, 1.165) is 30.9 Å². The summed E-state index contributed by atoms with van der Waals surface area (Å²) < 4.78 is 10.6. The van der Waals surface area contributed by atoms with Gasteiger partial charge in [-0.2, -0.15) is 5.10 Å². The monoisotopic (exact) mass is 288 g/mol. The van der Waals surface area contributed by atoms with Gasteiger partial charge in [0.1, 0.15) is 5.82 Å². The first kappa shape index (κ1) is 13.9. The lowest BCUT2D eigenvalue weighted by atomic mass is 9.99. The van der Waals surface area contributed by atoms with E-state index in [-0.39, 0.29) is 0 Å². The zero-order valence-corrected chi connectivity index (χ0v) is 12.3. The van der Waals surface area contributed by atoms with E-state index >= 15 is 0 Å².